The molecule has 0 atom stereocenters. The number of unbranched alkanes of at least 4 members (excludes halogenated alkanes) is 5. The molecule has 6 nitrogen and oxygen atoms in total. The first kappa shape index (κ1) is 24.4. The Morgan fingerprint density at radius 1 is 0.900 bits per heavy atom. The average Bonchev–Trinajstić information content (AvgIpc) is 2.95. The minimum absolute atomic E-state index is 0.317. The van der Waals surface area contributed by atoms with Crippen LogP contribution in [0, 0.1) is 13.8 Å². The standard InChI is InChI=1S/C23H38N4O2S/c1-19-23(20(2)26(5)24-19)27(6)30(28,29)22-16-14-21(15-17-22)13-11-9-7-8-10-12-18-25(3)4/h14-17H,7-13,18H2,1-6H3. The molecule has 168 valence electrons. The Bertz CT molecular complexity index is 902. The van der Waals surface area contributed by atoms with E-state index in [0.29, 0.717) is 16.3 Å². The predicted molar refractivity (Wildman–Crippen MR) is 125 cm³/mol. The summed E-state index contributed by atoms with van der Waals surface area (Å²) in [6, 6.07) is 7.34. The third kappa shape index (κ3) is 6.32. The largest absolute Gasteiger partial charge is 0.309 e. The number of rotatable bonds is 12. The van der Waals surface area contributed by atoms with Gasteiger partial charge in [0, 0.05) is 14.1 Å². The summed E-state index contributed by atoms with van der Waals surface area (Å²) in [5.41, 5.74) is 3.38. The third-order valence-electron chi connectivity index (χ3n) is 5.69. The van der Waals surface area contributed by atoms with Gasteiger partial charge in [0.1, 0.15) is 0 Å². The van der Waals surface area contributed by atoms with Crippen LogP contribution in [-0.4, -0.2) is 50.8 Å². The molecule has 0 aliphatic carbocycles. The molecule has 2 rings (SSSR count). The van der Waals surface area contributed by atoms with E-state index >= 15 is 0 Å². The van der Waals surface area contributed by atoms with Crippen LogP contribution in [0.4, 0.5) is 5.69 Å². The van der Waals surface area contributed by atoms with Crippen molar-refractivity contribution in [3.8, 4) is 0 Å². The molecule has 0 fully saturated rings. The van der Waals surface area contributed by atoms with E-state index in [2.05, 4.69) is 24.1 Å². The summed E-state index contributed by atoms with van der Waals surface area (Å²) >= 11 is 0. The van der Waals surface area contributed by atoms with Crippen LogP contribution in [0.25, 0.3) is 0 Å². The molecule has 7 heteroatoms. The first-order valence-corrected chi connectivity index (χ1v) is 12.3. The van der Waals surface area contributed by atoms with Crippen molar-refractivity contribution in [2.24, 2.45) is 7.05 Å². The second-order valence-electron chi connectivity index (χ2n) is 8.43. The quantitative estimate of drug-likeness (QED) is 0.467. The van der Waals surface area contributed by atoms with Crippen LogP contribution in [-0.2, 0) is 23.5 Å². The van der Waals surface area contributed by atoms with E-state index in [-0.39, 0.29) is 0 Å². The summed E-state index contributed by atoms with van der Waals surface area (Å²) in [5.74, 6) is 0. The van der Waals surface area contributed by atoms with Crippen molar-refractivity contribution >= 4 is 15.7 Å². The maximum atomic E-state index is 13.1. The van der Waals surface area contributed by atoms with Crippen LogP contribution in [0.3, 0.4) is 0 Å². The molecular formula is C23H38N4O2S. The average molecular weight is 435 g/mol. The fourth-order valence-corrected chi connectivity index (χ4v) is 5.09. The van der Waals surface area contributed by atoms with Gasteiger partial charge in [-0.25, -0.2) is 8.42 Å². The number of hydrogen-bond acceptors (Lipinski definition) is 4. The second kappa shape index (κ2) is 11.0. The molecule has 0 bridgehead atoms. The Morgan fingerprint density at radius 3 is 2.00 bits per heavy atom. The topological polar surface area (TPSA) is 58.4 Å². The maximum Gasteiger partial charge on any atom is 0.264 e. The smallest absolute Gasteiger partial charge is 0.264 e. The number of aromatic nitrogens is 2. The van der Waals surface area contributed by atoms with Gasteiger partial charge in [0.05, 0.1) is 22.0 Å². The van der Waals surface area contributed by atoms with Crippen molar-refractivity contribution in [2.75, 3.05) is 32.0 Å². The number of hydrogen-bond donors (Lipinski definition) is 0. The SMILES string of the molecule is Cc1nn(C)c(C)c1N(C)S(=O)(=O)c1ccc(CCCCCCCCN(C)C)cc1. The van der Waals surface area contributed by atoms with Crippen molar-refractivity contribution in [1.82, 2.24) is 14.7 Å². The summed E-state index contributed by atoms with van der Waals surface area (Å²) in [6.07, 6.45) is 8.51. The van der Waals surface area contributed by atoms with Gasteiger partial charge in [-0.1, -0.05) is 37.8 Å². The fourth-order valence-electron chi connectivity index (χ4n) is 3.79. The summed E-state index contributed by atoms with van der Waals surface area (Å²) in [5, 5.41) is 4.33. The molecule has 0 spiro atoms. The number of anilines is 1. The number of sulfonamides is 1. The number of benzene rings is 1. The molecule has 0 amide bonds. The molecule has 1 aromatic carbocycles. The first-order valence-electron chi connectivity index (χ1n) is 10.9. The van der Waals surface area contributed by atoms with E-state index in [1.54, 1.807) is 23.9 Å². The minimum atomic E-state index is -3.61. The van der Waals surface area contributed by atoms with Crippen molar-refractivity contribution in [2.45, 2.75) is 63.7 Å². The molecule has 0 unspecified atom stereocenters. The molecule has 0 radical (unpaired) electrons. The van der Waals surface area contributed by atoms with Gasteiger partial charge in [0.25, 0.3) is 10.0 Å². The van der Waals surface area contributed by atoms with Crippen LogP contribution < -0.4 is 4.31 Å². The van der Waals surface area contributed by atoms with Crippen molar-refractivity contribution in [3.63, 3.8) is 0 Å². The predicted octanol–water partition coefficient (Wildman–Crippen LogP) is 4.31. The number of aryl methyl sites for hydroxylation is 3. The summed E-state index contributed by atoms with van der Waals surface area (Å²) in [6.45, 7) is 4.89. The molecule has 0 aliphatic heterocycles. The Kier molecular flexibility index (Phi) is 8.92. The minimum Gasteiger partial charge on any atom is -0.309 e. The summed E-state index contributed by atoms with van der Waals surface area (Å²) in [4.78, 5) is 2.55. The van der Waals surface area contributed by atoms with Gasteiger partial charge < -0.3 is 4.90 Å². The highest BCUT2D eigenvalue weighted by Crippen LogP contribution is 2.28. The van der Waals surface area contributed by atoms with Gasteiger partial charge in [-0.3, -0.25) is 8.99 Å². The van der Waals surface area contributed by atoms with Crippen LogP contribution >= 0.6 is 0 Å². The van der Waals surface area contributed by atoms with Crippen LogP contribution in [0.2, 0.25) is 0 Å². The normalized spacial score (nSPS) is 12.0. The zero-order chi connectivity index (χ0) is 22.3. The summed E-state index contributed by atoms with van der Waals surface area (Å²) in [7, 11) is 4.05. The molecular weight excluding hydrogens is 396 g/mol. The number of nitrogens with zero attached hydrogens (tertiary/aromatic N) is 4. The molecule has 30 heavy (non-hydrogen) atoms. The highest BCUT2D eigenvalue weighted by Gasteiger charge is 2.26. The first-order chi connectivity index (χ1) is 14.1. The van der Waals surface area contributed by atoms with E-state index in [1.807, 2.05) is 33.0 Å². The molecule has 0 saturated carbocycles. The Labute approximate surface area is 182 Å². The van der Waals surface area contributed by atoms with Crippen molar-refractivity contribution in [3.05, 3.63) is 41.2 Å². The van der Waals surface area contributed by atoms with Gasteiger partial charge >= 0.3 is 0 Å². The van der Waals surface area contributed by atoms with E-state index in [9.17, 15) is 8.42 Å². The second-order valence-corrected chi connectivity index (χ2v) is 10.4. The van der Waals surface area contributed by atoms with Crippen molar-refractivity contribution < 1.29 is 8.42 Å². The van der Waals surface area contributed by atoms with Gasteiger partial charge in [-0.05, 0) is 71.4 Å². The third-order valence-corrected chi connectivity index (χ3v) is 7.46. The highest BCUT2D eigenvalue weighted by molar-refractivity contribution is 7.92. The Balaban J connectivity index is 1.87. The molecule has 1 heterocycles. The van der Waals surface area contributed by atoms with Gasteiger partial charge in [0.15, 0.2) is 0 Å². The molecule has 1 aromatic heterocycles. The van der Waals surface area contributed by atoms with E-state index in [4.69, 9.17) is 0 Å². The zero-order valence-electron chi connectivity index (χ0n) is 19.5. The van der Waals surface area contributed by atoms with Crippen LogP contribution in [0.15, 0.2) is 29.2 Å². The lowest BCUT2D eigenvalue weighted by molar-refractivity contribution is 0.389. The Hall–Kier alpha value is -1.86. The zero-order valence-corrected chi connectivity index (χ0v) is 20.3. The van der Waals surface area contributed by atoms with Crippen LogP contribution in [0.5, 0.6) is 0 Å². The molecule has 0 N–H and O–H groups in total. The van der Waals surface area contributed by atoms with Crippen LogP contribution in [0.1, 0.15) is 55.5 Å². The van der Waals surface area contributed by atoms with E-state index < -0.39 is 10.0 Å². The lowest BCUT2D eigenvalue weighted by Crippen LogP contribution is -2.27. The molecule has 0 saturated heterocycles. The lowest BCUT2D eigenvalue weighted by Gasteiger charge is -2.20. The van der Waals surface area contributed by atoms with Gasteiger partial charge in [-0.15, -0.1) is 0 Å². The summed E-state index contributed by atoms with van der Waals surface area (Å²) < 4.78 is 29.2. The lowest BCUT2D eigenvalue weighted by atomic mass is 10.0. The molecule has 0 aliphatic rings. The fraction of sp³-hybridized carbons (Fsp3) is 0.609. The van der Waals surface area contributed by atoms with Gasteiger partial charge in [-0.2, -0.15) is 5.10 Å². The Morgan fingerprint density at radius 2 is 1.47 bits per heavy atom. The van der Waals surface area contributed by atoms with Gasteiger partial charge in [0.2, 0.25) is 0 Å². The monoisotopic (exact) mass is 434 g/mol. The highest BCUT2D eigenvalue weighted by atomic mass is 32.2. The maximum absolute atomic E-state index is 13.1. The van der Waals surface area contributed by atoms with E-state index in [0.717, 1.165) is 18.5 Å². The van der Waals surface area contributed by atoms with E-state index in [1.165, 1.54) is 48.5 Å². The van der Waals surface area contributed by atoms with Crippen molar-refractivity contribution in [1.29, 1.82) is 0 Å². The molecule has 2 aromatic rings.